The Bertz CT molecular complexity index is 640. The molecule has 1 N–H and O–H groups in total. The van der Waals surface area contributed by atoms with Gasteiger partial charge < -0.3 is 24.6 Å². The highest BCUT2D eigenvalue weighted by Crippen LogP contribution is 2.20. The Morgan fingerprint density at radius 3 is 2.64 bits per heavy atom. The van der Waals surface area contributed by atoms with Gasteiger partial charge in [-0.15, -0.1) is 0 Å². The van der Waals surface area contributed by atoms with Crippen molar-refractivity contribution in [3.8, 4) is 5.75 Å². The third-order valence-electron chi connectivity index (χ3n) is 4.83. The van der Waals surface area contributed by atoms with Crippen LogP contribution in [0.15, 0.2) is 29.3 Å². The minimum Gasteiger partial charge on any atom is -0.492 e. The first-order valence-electron chi connectivity index (χ1n) is 10.0. The van der Waals surface area contributed by atoms with Gasteiger partial charge in [0.25, 0.3) is 0 Å². The van der Waals surface area contributed by atoms with Gasteiger partial charge in [0.15, 0.2) is 5.96 Å². The van der Waals surface area contributed by atoms with E-state index in [2.05, 4.69) is 26.2 Å². The lowest BCUT2D eigenvalue weighted by Gasteiger charge is -2.33. The van der Waals surface area contributed by atoms with Gasteiger partial charge in [-0.1, -0.05) is 18.2 Å². The Morgan fingerprint density at radius 1 is 1.29 bits per heavy atom. The van der Waals surface area contributed by atoms with Crippen molar-refractivity contribution in [3.63, 3.8) is 0 Å². The summed E-state index contributed by atoms with van der Waals surface area (Å²) >= 11 is 0. The number of aliphatic imine (C=N–C) groups is 1. The number of para-hydroxylation sites is 1. The predicted octanol–water partition coefficient (Wildman–Crippen LogP) is 1.98. The van der Waals surface area contributed by atoms with Gasteiger partial charge >= 0.3 is 5.97 Å². The number of likely N-dealkylation sites (tertiary alicyclic amines) is 1. The molecule has 2 rings (SSSR count). The van der Waals surface area contributed by atoms with Crippen LogP contribution in [0.3, 0.4) is 0 Å². The van der Waals surface area contributed by atoms with Crippen molar-refractivity contribution >= 4 is 11.9 Å². The van der Waals surface area contributed by atoms with Crippen molar-refractivity contribution in [3.05, 3.63) is 29.8 Å². The summed E-state index contributed by atoms with van der Waals surface area (Å²) < 4.78 is 11.1. The van der Waals surface area contributed by atoms with E-state index in [0.717, 1.165) is 49.7 Å². The second-order valence-electron chi connectivity index (χ2n) is 7.17. The molecular formula is C21H34N4O3. The van der Waals surface area contributed by atoms with Crippen molar-refractivity contribution in [2.24, 2.45) is 10.9 Å². The molecule has 0 unspecified atom stereocenters. The summed E-state index contributed by atoms with van der Waals surface area (Å²) in [5.74, 6) is 1.67. The fourth-order valence-electron chi connectivity index (χ4n) is 3.22. The van der Waals surface area contributed by atoms with Crippen molar-refractivity contribution < 1.29 is 14.3 Å². The Morgan fingerprint density at radius 2 is 2.00 bits per heavy atom. The fraction of sp³-hybridized carbons (Fsp3) is 0.619. The first-order valence-corrected chi connectivity index (χ1v) is 10.0. The van der Waals surface area contributed by atoms with E-state index >= 15 is 0 Å². The standard InChI is InChI=1S/C21H34N4O3/c1-5-27-20(26)17-10-12-25(13-11-17)21(22-2)23-16-18-8-6-7-9-19(18)28-15-14-24(3)4/h6-9,17H,5,10-16H2,1-4H3,(H,22,23). The van der Waals surface area contributed by atoms with E-state index in [4.69, 9.17) is 9.47 Å². The van der Waals surface area contributed by atoms with Crippen LogP contribution < -0.4 is 10.1 Å². The van der Waals surface area contributed by atoms with E-state index in [0.29, 0.717) is 19.8 Å². The van der Waals surface area contributed by atoms with E-state index in [-0.39, 0.29) is 11.9 Å². The van der Waals surface area contributed by atoms with Gasteiger partial charge in [0.1, 0.15) is 12.4 Å². The first kappa shape index (κ1) is 22.0. The van der Waals surface area contributed by atoms with Gasteiger partial charge in [0.05, 0.1) is 12.5 Å². The van der Waals surface area contributed by atoms with Crippen LogP contribution in [0, 0.1) is 5.92 Å². The number of rotatable bonds is 8. The molecule has 0 spiro atoms. The van der Waals surface area contributed by atoms with Crippen LogP contribution in [0.1, 0.15) is 25.3 Å². The molecule has 1 aliphatic rings. The molecule has 0 saturated carbocycles. The second-order valence-corrected chi connectivity index (χ2v) is 7.17. The monoisotopic (exact) mass is 390 g/mol. The molecule has 0 amide bonds. The largest absolute Gasteiger partial charge is 0.492 e. The van der Waals surface area contributed by atoms with Gasteiger partial charge in [0.2, 0.25) is 0 Å². The SMILES string of the molecule is CCOC(=O)C1CCN(C(=NC)NCc2ccccc2OCCN(C)C)CC1. The maximum Gasteiger partial charge on any atom is 0.309 e. The minimum atomic E-state index is -0.0751. The molecule has 0 aromatic heterocycles. The number of carbonyl (C=O) groups excluding carboxylic acids is 1. The number of guanidine groups is 1. The zero-order chi connectivity index (χ0) is 20.4. The van der Waals surface area contributed by atoms with Crippen LogP contribution in [0.5, 0.6) is 5.75 Å². The van der Waals surface area contributed by atoms with Crippen LogP contribution in [-0.2, 0) is 16.1 Å². The Kier molecular flexibility index (Phi) is 9.07. The van der Waals surface area contributed by atoms with Gasteiger partial charge in [-0.3, -0.25) is 9.79 Å². The molecule has 7 heteroatoms. The minimum absolute atomic E-state index is 0.000119. The number of nitrogens with zero attached hydrogens (tertiary/aromatic N) is 3. The number of nitrogens with one attached hydrogen (secondary N) is 1. The fourth-order valence-corrected chi connectivity index (χ4v) is 3.22. The molecular weight excluding hydrogens is 356 g/mol. The highest BCUT2D eigenvalue weighted by Gasteiger charge is 2.27. The molecule has 1 fully saturated rings. The second kappa shape index (κ2) is 11.5. The average Bonchev–Trinajstić information content (AvgIpc) is 2.70. The zero-order valence-electron chi connectivity index (χ0n) is 17.6. The van der Waals surface area contributed by atoms with Crippen molar-refractivity contribution in [2.75, 3.05) is 54.0 Å². The Labute approximate surface area is 168 Å². The molecule has 0 bridgehead atoms. The number of carbonyl (C=O) groups is 1. The van der Waals surface area contributed by atoms with Crippen molar-refractivity contribution in [1.82, 2.24) is 15.1 Å². The lowest BCUT2D eigenvalue weighted by atomic mass is 9.97. The van der Waals surface area contributed by atoms with Crippen LogP contribution >= 0.6 is 0 Å². The number of piperidine rings is 1. The molecule has 1 saturated heterocycles. The highest BCUT2D eigenvalue weighted by molar-refractivity contribution is 5.80. The number of ether oxygens (including phenoxy) is 2. The number of hydrogen-bond acceptors (Lipinski definition) is 5. The van der Waals surface area contributed by atoms with Gasteiger partial charge in [-0.25, -0.2) is 0 Å². The maximum absolute atomic E-state index is 11.9. The quantitative estimate of drug-likeness (QED) is 0.416. The molecule has 0 radical (unpaired) electrons. The average molecular weight is 391 g/mol. The highest BCUT2D eigenvalue weighted by atomic mass is 16.5. The van der Waals surface area contributed by atoms with Crippen LogP contribution in [0.4, 0.5) is 0 Å². The smallest absolute Gasteiger partial charge is 0.309 e. The van der Waals surface area contributed by atoms with E-state index in [1.807, 2.05) is 39.2 Å². The van der Waals surface area contributed by atoms with Crippen molar-refractivity contribution in [2.45, 2.75) is 26.3 Å². The van der Waals surface area contributed by atoms with Crippen LogP contribution in [0.2, 0.25) is 0 Å². The number of benzene rings is 1. The number of likely N-dealkylation sites (N-methyl/N-ethyl adjacent to an activating group) is 1. The molecule has 0 atom stereocenters. The lowest BCUT2D eigenvalue weighted by Crippen LogP contribution is -2.46. The summed E-state index contributed by atoms with van der Waals surface area (Å²) in [6.07, 6.45) is 1.59. The van der Waals surface area contributed by atoms with Crippen LogP contribution in [0.25, 0.3) is 0 Å². The van der Waals surface area contributed by atoms with E-state index in [1.54, 1.807) is 7.05 Å². The molecule has 1 aromatic carbocycles. The molecule has 0 aliphatic carbocycles. The van der Waals surface area contributed by atoms with E-state index in [9.17, 15) is 4.79 Å². The van der Waals surface area contributed by atoms with Gasteiger partial charge in [0, 0.05) is 38.8 Å². The summed E-state index contributed by atoms with van der Waals surface area (Å²) in [7, 11) is 5.86. The number of hydrogen-bond donors (Lipinski definition) is 1. The molecule has 156 valence electrons. The third-order valence-corrected chi connectivity index (χ3v) is 4.83. The summed E-state index contributed by atoms with van der Waals surface area (Å²) in [6, 6.07) is 8.07. The first-order chi connectivity index (χ1) is 13.5. The topological polar surface area (TPSA) is 66.4 Å². The van der Waals surface area contributed by atoms with Crippen molar-refractivity contribution in [1.29, 1.82) is 0 Å². The molecule has 7 nitrogen and oxygen atoms in total. The zero-order valence-corrected chi connectivity index (χ0v) is 17.6. The summed E-state index contributed by atoms with van der Waals surface area (Å²) in [4.78, 5) is 20.6. The van der Waals surface area contributed by atoms with E-state index in [1.165, 1.54) is 0 Å². The number of esters is 1. The van der Waals surface area contributed by atoms with Gasteiger partial charge in [-0.05, 0) is 39.9 Å². The summed E-state index contributed by atoms with van der Waals surface area (Å²) in [6.45, 7) is 6.05. The Balaban J connectivity index is 1.87. The van der Waals surface area contributed by atoms with E-state index < -0.39 is 0 Å². The molecule has 1 aliphatic heterocycles. The maximum atomic E-state index is 11.9. The molecule has 28 heavy (non-hydrogen) atoms. The molecule has 1 heterocycles. The summed E-state index contributed by atoms with van der Waals surface area (Å²) in [5.41, 5.74) is 1.10. The summed E-state index contributed by atoms with van der Waals surface area (Å²) in [5, 5.41) is 3.43. The van der Waals surface area contributed by atoms with Crippen LogP contribution in [-0.4, -0.2) is 75.7 Å². The lowest BCUT2D eigenvalue weighted by molar-refractivity contribution is -0.149. The third kappa shape index (κ3) is 6.71. The predicted molar refractivity (Wildman–Crippen MR) is 112 cm³/mol. The molecule has 1 aromatic rings. The Hall–Kier alpha value is -2.28. The normalized spacial score (nSPS) is 15.6. The van der Waals surface area contributed by atoms with Gasteiger partial charge in [-0.2, -0.15) is 0 Å².